The van der Waals surface area contributed by atoms with Crippen LogP contribution in [0.3, 0.4) is 0 Å². The highest BCUT2D eigenvalue weighted by Crippen LogP contribution is 2.44. The van der Waals surface area contributed by atoms with Gasteiger partial charge < -0.3 is 10.6 Å². The maximum absolute atomic E-state index is 13.3. The molecule has 0 heterocycles. The molecule has 0 aliphatic heterocycles. The highest BCUT2D eigenvalue weighted by Gasteiger charge is 2.42. The molecule has 0 saturated heterocycles. The molecule has 1 rings (SSSR count). The van der Waals surface area contributed by atoms with Crippen LogP contribution in [0.2, 0.25) is 0 Å². The number of rotatable bonds is 6. The van der Waals surface area contributed by atoms with Gasteiger partial charge in [0.05, 0.1) is 29.7 Å². The summed E-state index contributed by atoms with van der Waals surface area (Å²) in [6.07, 6.45) is -12.3. The van der Waals surface area contributed by atoms with E-state index in [9.17, 15) is 45.5 Å². The summed E-state index contributed by atoms with van der Waals surface area (Å²) >= 11 is 0. The summed E-state index contributed by atoms with van der Waals surface area (Å²) in [5, 5.41) is 3.25. The minimum absolute atomic E-state index is 0.191. The van der Waals surface area contributed by atoms with Crippen LogP contribution in [-0.4, -0.2) is 23.4 Å². The van der Waals surface area contributed by atoms with E-state index in [0.717, 1.165) is 13.8 Å². The average molecular weight is 412 g/mol. The number of hydrogen-bond donors (Lipinski definition) is 2. The van der Waals surface area contributed by atoms with E-state index >= 15 is 0 Å². The summed E-state index contributed by atoms with van der Waals surface area (Å²) in [6.45, 7) is 1.94. The molecular weight excluding hydrogens is 398 g/mol. The number of carbonyl (C=O) groups excluding carboxylic acids is 4. The van der Waals surface area contributed by atoms with Crippen molar-refractivity contribution in [2.45, 2.75) is 39.0 Å². The van der Waals surface area contributed by atoms with E-state index in [4.69, 9.17) is 0 Å². The van der Waals surface area contributed by atoms with Crippen molar-refractivity contribution in [3.05, 3.63) is 23.3 Å². The van der Waals surface area contributed by atoms with Crippen molar-refractivity contribution >= 4 is 34.8 Å². The van der Waals surface area contributed by atoms with Gasteiger partial charge in [-0.2, -0.15) is 26.3 Å². The van der Waals surface area contributed by atoms with E-state index in [2.05, 4.69) is 0 Å². The van der Waals surface area contributed by atoms with Crippen LogP contribution in [0.15, 0.2) is 12.1 Å². The van der Waals surface area contributed by atoms with Crippen molar-refractivity contribution in [1.29, 1.82) is 0 Å². The standard InChI is InChI=1S/C16H14F6N2O4/c1-7(25)3-12(27)23-9-5-10(15(17,18)19)14(11(6-9)16(20,21)22)24-13(28)4-8(2)26/h5-6H,3-4H2,1-2H3,(H,23,27)(H,24,28). The second-order valence-corrected chi connectivity index (χ2v) is 5.80. The molecule has 2 amide bonds. The topological polar surface area (TPSA) is 92.3 Å². The van der Waals surface area contributed by atoms with Crippen molar-refractivity contribution in [2.24, 2.45) is 0 Å². The lowest BCUT2D eigenvalue weighted by Gasteiger charge is -2.21. The Hall–Kier alpha value is -2.92. The molecule has 0 aromatic heterocycles. The lowest BCUT2D eigenvalue weighted by molar-refractivity contribution is -0.142. The van der Waals surface area contributed by atoms with Crippen molar-refractivity contribution in [1.82, 2.24) is 0 Å². The van der Waals surface area contributed by atoms with Gasteiger partial charge in [-0.15, -0.1) is 0 Å². The van der Waals surface area contributed by atoms with Gasteiger partial charge in [0.15, 0.2) is 0 Å². The third-order valence-corrected chi connectivity index (χ3v) is 3.12. The summed E-state index contributed by atoms with van der Waals surface area (Å²) in [5.41, 5.74) is -6.21. The lowest BCUT2D eigenvalue weighted by Crippen LogP contribution is -2.23. The molecular formula is C16H14F6N2O4. The molecule has 0 unspecified atom stereocenters. The highest BCUT2D eigenvalue weighted by atomic mass is 19.4. The Morgan fingerprint density at radius 2 is 1.11 bits per heavy atom. The van der Waals surface area contributed by atoms with E-state index < -0.39 is 71.1 Å². The van der Waals surface area contributed by atoms with Gasteiger partial charge >= 0.3 is 12.4 Å². The molecule has 6 nitrogen and oxygen atoms in total. The molecule has 0 fully saturated rings. The van der Waals surface area contributed by atoms with Gasteiger partial charge in [0.25, 0.3) is 0 Å². The number of alkyl halides is 6. The van der Waals surface area contributed by atoms with Crippen LogP contribution in [-0.2, 0) is 31.5 Å². The van der Waals surface area contributed by atoms with Crippen molar-refractivity contribution in [3.63, 3.8) is 0 Å². The average Bonchev–Trinajstić information content (AvgIpc) is 2.44. The summed E-state index contributed by atoms with van der Waals surface area (Å²) in [7, 11) is 0. The first-order chi connectivity index (χ1) is 12.6. The third-order valence-electron chi connectivity index (χ3n) is 3.12. The Balaban J connectivity index is 3.55. The maximum Gasteiger partial charge on any atom is 0.418 e. The Morgan fingerprint density at radius 1 is 0.750 bits per heavy atom. The Labute approximate surface area is 154 Å². The van der Waals surface area contributed by atoms with Crippen LogP contribution < -0.4 is 10.6 Å². The van der Waals surface area contributed by atoms with E-state index in [-0.39, 0.29) is 12.1 Å². The number of amides is 2. The molecule has 0 bridgehead atoms. The SMILES string of the molecule is CC(=O)CC(=O)Nc1cc(C(F)(F)F)c(NC(=O)CC(C)=O)c(C(F)(F)F)c1. The number of benzene rings is 1. The van der Waals surface area contributed by atoms with Crippen molar-refractivity contribution < 1.29 is 45.5 Å². The second kappa shape index (κ2) is 8.40. The zero-order chi connectivity index (χ0) is 21.9. The smallest absolute Gasteiger partial charge is 0.326 e. The molecule has 1 aromatic rings. The van der Waals surface area contributed by atoms with Gasteiger partial charge in [0, 0.05) is 5.69 Å². The van der Waals surface area contributed by atoms with Crippen LogP contribution in [0, 0.1) is 0 Å². The van der Waals surface area contributed by atoms with Gasteiger partial charge in [-0.1, -0.05) is 0 Å². The monoisotopic (exact) mass is 412 g/mol. The summed E-state index contributed by atoms with van der Waals surface area (Å²) in [5.74, 6) is -3.90. The number of anilines is 2. The van der Waals surface area contributed by atoms with Gasteiger partial charge in [0.2, 0.25) is 11.8 Å². The molecule has 0 saturated carbocycles. The molecule has 0 atom stereocenters. The number of Topliss-reactive ketones (excluding diaryl/α,β-unsaturated/α-hetero) is 2. The first-order valence-electron chi connectivity index (χ1n) is 7.52. The normalized spacial score (nSPS) is 11.7. The number of halogens is 6. The van der Waals surface area contributed by atoms with E-state index in [1.165, 1.54) is 5.32 Å². The maximum atomic E-state index is 13.3. The van der Waals surface area contributed by atoms with Gasteiger partial charge in [-0.25, -0.2) is 0 Å². The van der Waals surface area contributed by atoms with Crippen molar-refractivity contribution in [2.75, 3.05) is 10.6 Å². The zero-order valence-electron chi connectivity index (χ0n) is 14.5. The molecule has 0 aliphatic rings. The van der Waals surface area contributed by atoms with Gasteiger partial charge in [-0.3, -0.25) is 19.2 Å². The first-order valence-corrected chi connectivity index (χ1v) is 7.52. The molecule has 0 aliphatic carbocycles. The molecule has 2 N–H and O–H groups in total. The molecule has 0 spiro atoms. The fourth-order valence-electron chi connectivity index (χ4n) is 2.14. The van der Waals surface area contributed by atoms with Crippen LogP contribution in [0.25, 0.3) is 0 Å². The predicted octanol–water partition coefficient (Wildman–Crippen LogP) is 3.56. The highest BCUT2D eigenvalue weighted by molar-refractivity contribution is 6.05. The number of ketones is 2. The molecule has 12 heteroatoms. The quantitative estimate of drug-likeness (QED) is 0.552. The Kier molecular flexibility index (Phi) is 6.93. The zero-order valence-corrected chi connectivity index (χ0v) is 14.5. The minimum Gasteiger partial charge on any atom is -0.326 e. The number of carbonyl (C=O) groups is 4. The van der Waals surface area contributed by atoms with Gasteiger partial charge in [-0.05, 0) is 26.0 Å². The van der Waals surface area contributed by atoms with Crippen LogP contribution in [0.1, 0.15) is 37.8 Å². The largest absolute Gasteiger partial charge is 0.418 e. The molecule has 28 heavy (non-hydrogen) atoms. The molecule has 1 aromatic carbocycles. The van der Waals surface area contributed by atoms with E-state index in [1.54, 1.807) is 5.32 Å². The summed E-state index contributed by atoms with van der Waals surface area (Å²) in [6, 6.07) is 0.382. The predicted molar refractivity (Wildman–Crippen MR) is 84.3 cm³/mol. The van der Waals surface area contributed by atoms with Crippen molar-refractivity contribution in [3.8, 4) is 0 Å². The Morgan fingerprint density at radius 3 is 1.43 bits per heavy atom. The summed E-state index contributed by atoms with van der Waals surface area (Å²) in [4.78, 5) is 44.9. The van der Waals surface area contributed by atoms with Gasteiger partial charge in [0.1, 0.15) is 11.6 Å². The third kappa shape index (κ3) is 6.67. The lowest BCUT2D eigenvalue weighted by atomic mass is 10.0. The van der Waals surface area contributed by atoms with E-state index in [1.807, 2.05) is 0 Å². The second-order valence-electron chi connectivity index (χ2n) is 5.80. The molecule has 0 radical (unpaired) electrons. The number of hydrogen-bond acceptors (Lipinski definition) is 4. The van der Waals surface area contributed by atoms with Crippen LogP contribution in [0.4, 0.5) is 37.7 Å². The molecule has 154 valence electrons. The fourth-order valence-corrected chi connectivity index (χ4v) is 2.14. The van der Waals surface area contributed by atoms with Crippen LogP contribution >= 0.6 is 0 Å². The summed E-state index contributed by atoms with van der Waals surface area (Å²) < 4.78 is 79.8. The van der Waals surface area contributed by atoms with E-state index in [0.29, 0.717) is 0 Å². The minimum atomic E-state index is -5.33. The fraction of sp³-hybridized carbons (Fsp3) is 0.375. The van der Waals surface area contributed by atoms with Crippen LogP contribution in [0.5, 0.6) is 0 Å². The first kappa shape index (κ1) is 23.1. The number of nitrogens with one attached hydrogen (secondary N) is 2. The Bertz CT molecular complexity index is 779.